The van der Waals surface area contributed by atoms with E-state index in [1.54, 1.807) is 0 Å². The monoisotopic (exact) mass is 1090 g/mol. The molecular weight excluding hydrogens is 947 g/mol. The van der Waals surface area contributed by atoms with Gasteiger partial charge in [0.1, 0.15) is 12.2 Å². The quantitative estimate of drug-likeness (QED) is 0.0308. The molecule has 0 aliphatic rings. The summed E-state index contributed by atoms with van der Waals surface area (Å²) in [5.74, 6) is -0.575. The van der Waals surface area contributed by atoms with Crippen LogP contribution in [-0.4, -0.2) is 57.3 Å². The molecule has 0 fully saturated rings. The molecule has 460 valence electrons. The molecule has 0 heterocycles. The zero-order valence-corrected chi connectivity index (χ0v) is 52.5. The normalized spacial score (nSPS) is 13.5. The van der Waals surface area contributed by atoms with E-state index in [9.17, 15) is 25.2 Å². The van der Waals surface area contributed by atoms with Crippen LogP contribution in [0.25, 0.3) is 0 Å². The number of rotatable bonds is 67. The third kappa shape index (κ3) is 59.5. The van der Waals surface area contributed by atoms with Crippen LogP contribution in [0.15, 0.2) is 12.2 Å². The minimum Gasteiger partial charge on any atom is -0.394 e. The summed E-state index contributed by atoms with van der Waals surface area (Å²) >= 11 is 0. The van der Waals surface area contributed by atoms with E-state index in [0.29, 0.717) is 12.8 Å². The number of unbranched alkanes of at least 4 members (excludes halogenated alkanes) is 56. The number of carbonyl (C=O) groups is 1. The number of allylic oxidation sites excluding steroid dienone is 2. The molecule has 0 aromatic carbocycles. The fraction of sp³-hybridized carbons (Fsp3) is 0.958. The molecule has 0 aliphatic carbocycles. The SMILES string of the molecule is CCCCCCCCCCCCCCCCCCCC/C=C\CCCCCCCCCCCCCCCCCCC(O)C(=O)NC(CO)C(O)C(O)CCCCCCCCCCCCCCCCCCCCCCCCC. The van der Waals surface area contributed by atoms with Gasteiger partial charge in [0, 0.05) is 0 Å². The van der Waals surface area contributed by atoms with E-state index in [4.69, 9.17) is 0 Å². The Labute approximate surface area is 482 Å². The minimum absolute atomic E-state index is 0.374. The van der Waals surface area contributed by atoms with Gasteiger partial charge in [0.05, 0.1) is 18.8 Å². The van der Waals surface area contributed by atoms with Crippen LogP contribution in [0.3, 0.4) is 0 Å². The summed E-state index contributed by atoms with van der Waals surface area (Å²) in [6, 6.07) is -0.984. The molecule has 0 aromatic heterocycles. The van der Waals surface area contributed by atoms with Gasteiger partial charge in [-0.3, -0.25) is 4.79 Å². The Morgan fingerprint density at radius 3 is 0.753 bits per heavy atom. The molecule has 0 bridgehead atoms. The van der Waals surface area contributed by atoms with Crippen molar-refractivity contribution in [3.05, 3.63) is 12.2 Å². The Morgan fingerprint density at radius 1 is 0.312 bits per heavy atom. The van der Waals surface area contributed by atoms with Gasteiger partial charge in [-0.15, -0.1) is 0 Å². The van der Waals surface area contributed by atoms with E-state index >= 15 is 0 Å². The lowest BCUT2D eigenvalue weighted by Crippen LogP contribution is -2.53. The van der Waals surface area contributed by atoms with Gasteiger partial charge in [-0.1, -0.05) is 379 Å². The first-order valence-corrected chi connectivity index (χ1v) is 35.6. The summed E-state index contributed by atoms with van der Waals surface area (Å²) in [6.07, 6.45) is 82.0. The minimum atomic E-state index is -1.26. The van der Waals surface area contributed by atoms with Crippen molar-refractivity contribution < 1.29 is 25.2 Å². The largest absolute Gasteiger partial charge is 0.394 e. The average Bonchev–Trinajstić information content (AvgIpc) is 3.43. The molecule has 4 unspecified atom stereocenters. The first-order valence-electron chi connectivity index (χ1n) is 35.6. The van der Waals surface area contributed by atoms with E-state index in [1.165, 1.54) is 340 Å². The molecule has 0 spiro atoms. The number of amides is 1. The van der Waals surface area contributed by atoms with Crippen molar-refractivity contribution in [3.8, 4) is 0 Å². The van der Waals surface area contributed by atoms with Gasteiger partial charge in [0.2, 0.25) is 5.91 Å². The lowest BCUT2D eigenvalue weighted by molar-refractivity contribution is -0.132. The first kappa shape index (κ1) is 76.0. The summed E-state index contributed by atoms with van der Waals surface area (Å²) in [6.45, 7) is 4.12. The van der Waals surface area contributed by atoms with Crippen LogP contribution in [0.4, 0.5) is 0 Å². The van der Waals surface area contributed by atoms with Crippen LogP contribution in [-0.2, 0) is 4.79 Å². The average molecular weight is 1090 g/mol. The Morgan fingerprint density at radius 2 is 0.519 bits per heavy atom. The zero-order valence-electron chi connectivity index (χ0n) is 52.5. The number of hydrogen-bond donors (Lipinski definition) is 5. The highest BCUT2D eigenvalue weighted by Gasteiger charge is 2.28. The second-order valence-corrected chi connectivity index (χ2v) is 24.9. The topological polar surface area (TPSA) is 110 Å². The zero-order chi connectivity index (χ0) is 55.8. The van der Waals surface area contributed by atoms with Gasteiger partial charge in [-0.25, -0.2) is 0 Å². The highest BCUT2D eigenvalue weighted by Crippen LogP contribution is 2.20. The molecular formula is C71H141NO5. The molecule has 0 rings (SSSR count). The Bertz CT molecular complexity index is 1130. The highest BCUT2D eigenvalue weighted by molar-refractivity contribution is 5.80. The summed E-state index contributed by atoms with van der Waals surface area (Å²) in [4.78, 5) is 12.7. The van der Waals surface area contributed by atoms with Crippen molar-refractivity contribution in [1.82, 2.24) is 5.32 Å². The molecule has 0 aromatic rings. The molecule has 5 N–H and O–H groups in total. The molecule has 0 aliphatic heterocycles. The second kappa shape index (κ2) is 65.9. The molecule has 4 atom stereocenters. The van der Waals surface area contributed by atoms with Crippen molar-refractivity contribution in [2.24, 2.45) is 0 Å². The Balaban J connectivity index is 3.50. The van der Waals surface area contributed by atoms with Gasteiger partial charge in [0.15, 0.2) is 0 Å². The van der Waals surface area contributed by atoms with Crippen molar-refractivity contribution in [2.75, 3.05) is 6.61 Å². The van der Waals surface area contributed by atoms with Gasteiger partial charge >= 0.3 is 0 Å². The number of carbonyl (C=O) groups excluding carboxylic acids is 1. The van der Waals surface area contributed by atoms with Gasteiger partial charge in [0.25, 0.3) is 0 Å². The van der Waals surface area contributed by atoms with Gasteiger partial charge in [-0.2, -0.15) is 0 Å². The third-order valence-electron chi connectivity index (χ3n) is 17.2. The number of nitrogens with one attached hydrogen (secondary N) is 1. The van der Waals surface area contributed by atoms with Gasteiger partial charge in [-0.05, 0) is 38.5 Å². The van der Waals surface area contributed by atoms with E-state index in [-0.39, 0.29) is 0 Å². The maximum absolute atomic E-state index is 12.7. The molecule has 0 radical (unpaired) electrons. The predicted octanol–water partition coefficient (Wildman–Crippen LogP) is 21.9. The molecule has 1 amide bonds. The third-order valence-corrected chi connectivity index (χ3v) is 17.2. The Hall–Kier alpha value is -0.950. The summed E-state index contributed by atoms with van der Waals surface area (Å²) in [5, 5.41) is 44.2. The van der Waals surface area contributed by atoms with Crippen molar-refractivity contribution in [3.63, 3.8) is 0 Å². The molecule has 6 nitrogen and oxygen atoms in total. The fourth-order valence-electron chi connectivity index (χ4n) is 11.7. The van der Waals surface area contributed by atoms with Crippen molar-refractivity contribution >= 4 is 5.91 Å². The van der Waals surface area contributed by atoms with Crippen LogP contribution in [0.1, 0.15) is 406 Å². The summed E-state index contributed by atoms with van der Waals surface area (Å²) in [7, 11) is 0. The highest BCUT2D eigenvalue weighted by atomic mass is 16.3. The summed E-state index contributed by atoms with van der Waals surface area (Å²) in [5.41, 5.74) is 0. The first-order chi connectivity index (χ1) is 38.0. The number of hydrogen-bond acceptors (Lipinski definition) is 5. The van der Waals surface area contributed by atoms with Crippen LogP contribution in [0.2, 0.25) is 0 Å². The van der Waals surface area contributed by atoms with Crippen LogP contribution >= 0.6 is 0 Å². The van der Waals surface area contributed by atoms with Crippen molar-refractivity contribution in [2.45, 2.75) is 430 Å². The summed E-state index contributed by atoms with van der Waals surface area (Å²) < 4.78 is 0. The smallest absolute Gasteiger partial charge is 0.249 e. The molecule has 0 saturated carbocycles. The Kier molecular flexibility index (Phi) is 65.0. The lowest BCUT2D eigenvalue weighted by Gasteiger charge is -2.27. The van der Waals surface area contributed by atoms with Gasteiger partial charge < -0.3 is 25.7 Å². The standard InChI is InChI=1S/C71H141NO5/c1-3-5-7-9-11-13-15-17-19-21-23-25-27-28-29-30-31-32-33-34-35-36-37-38-39-40-41-43-45-47-49-51-53-55-57-59-61-63-65-69(75)71(77)72-67(66-73)70(76)68(74)64-62-60-58-56-54-52-50-48-46-44-42-26-24-22-20-18-16-14-12-10-8-6-4-2/h34-35,67-70,73-76H,3-33,36-66H2,1-2H3,(H,72,77)/b35-34-. The van der Waals surface area contributed by atoms with Crippen LogP contribution in [0.5, 0.6) is 0 Å². The van der Waals surface area contributed by atoms with E-state index in [0.717, 1.165) is 38.5 Å². The van der Waals surface area contributed by atoms with E-state index in [1.807, 2.05) is 0 Å². The van der Waals surface area contributed by atoms with E-state index in [2.05, 4.69) is 31.3 Å². The second-order valence-electron chi connectivity index (χ2n) is 24.9. The van der Waals surface area contributed by atoms with Crippen molar-refractivity contribution in [1.29, 1.82) is 0 Å². The fourth-order valence-corrected chi connectivity index (χ4v) is 11.7. The lowest BCUT2D eigenvalue weighted by atomic mass is 9.99. The van der Waals surface area contributed by atoms with Crippen LogP contribution < -0.4 is 5.32 Å². The van der Waals surface area contributed by atoms with E-state index < -0.39 is 36.9 Å². The predicted molar refractivity (Wildman–Crippen MR) is 339 cm³/mol. The maximum atomic E-state index is 12.7. The molecule has 77 heavy (non-hydrogen) atoms. The number of aliphatic hydroxyl groups excluding tert-OH is 4. The maximum Gasteiger partial charge on any atom is 0.249 e. The molecule has 6 heteroatoms. The molecule has 0 saturated heterocycles. The van der Waals surface area contributed by atoms with Crippen LogP contribution in [0, 0.1) is 0 Å². The number of aliphatic hydroxyl groups is 4.